The normalized spacial score (nSPS) is 21.7. The van der Waals surface area contributed by atoms with Crippen molar-refractivity contribution in [3.05, 3.63) is 65.2 Å². The van der Waals surface area contributed by atoms with Gasteiger partial charge in [-0.05, 0) is 54.8 Å². The topological polar surface area (TPSA) is 32.7 Å². The second kappa shape index (κ2) is 6.87. The molecule has 1 N–H and O–H groups in total. The van der Waals surface area contributed by atoms with Gasteiger partial charge in [0.15, 0.2) is 11.6 Å². The first kappa shape index (κ1) is 16.9. The molecule has 1 aliphatic heterocycles. The number of halogens is 2. The molecule has 24 heavy (non-hydrogen) atoms. The first-order valence-corrected chi connectivity index (χ1v) is 8.03. The Kier molecular flexibility index (Phi) is 4.83. The van der Waals surface area contributed by atoms with Crippen LogP contribution >= 0.6 is 0 Å². The maximum Gasteiger partial charge on any atom is 0.159 e. The first-order valence-electron chi connectivity index (χ1n) is 8.03. The number of methoxy groups -OCH3 is 1. The highest BCUT2D eigenvalue weighted by Gasteiger charge is 2.35. The van der Waals surface area contributed by atoms with E-state index in [1.807, 2.05) is 24.3 Å². The van der Waals surface area contributed by atoms with E-state index in [0.717, 1.165) is 24.6 Å². The first-order chi connectivity index (χ1) is 11.5. The molecule has 0 saturated carbocycles. The van der Waals surface area contributed by atoms with Gasteiger partial charge in [-0.25, -0.2) is 8.78 Å². The van der Waals surface area contributed by atoms with Crippen molar-refractivity contribution in [2.75, 3.05) is 20.2 Å². The minimum absolute atomic E-state index is 0.444. The van der Waals surface area contributed by atoms with E-state index in [-0.39, 0.29) is 0 Å². The molecule has 1 aliphatic rings. The van der Waals surface area contributed by atoms with Crippen molar-refractivity contribution >= 4 is 0 Å². The highest BCUT2D eigenvalue weighted by molar-refractivity contribution is 5.33. The lowest BCUT2D eigenvalue weighted by Crippen LogP contribution is -2.45. The molecular formula is C19H21F2NO2. The summed E-state index contributed by atoms with van der Waals surface area (Å²) in [5.41, 5.74) is 0.548. The number of hydrogen-bond acceptors (Lipinski definition) is 3. The molecule has 1 heterocycles. The standard InChI is InChI=1S/C19H21F2NO2/c1-24-16-5-2-4-15(11-16)19(23)8-3-9-22(13-19)12-14-6-7-17(20)18(21)10-14/h2,4-7,10-11,23H,3,8-9,12-13H2,1H3. The van der Waals surface area contributed by atoms with Crippen molar-refractivity contribution in [3.8, 4) is 5.75 Å². The second-order valence-corrected chi connectivity index (χ2v) is 6.33. The predicted molar refractivity (Wildman–Crippen MR) is 87.8 cm³/mol. The molecule has 1 fully saturated rings. The summed E-state index contributed by atoms with van der Waals surface area (Å²) in [5.74, 6) is -0.975. The summed E-state index contributed by atoms with van der Waals surface area (Å²) >= 11 is 0. The molecule has 1 saturated heterocycles. The monoisotopic (exact) mass is 333 g/mol. The molecule has 0 bridgehead atoms. The summed E-state index contributed by atoms with van der Waals surface area (Å²) in [7, 11) is 1.60. The van der Waals surface area contributed by atoms with E-state index in [0.29, 0.717) is 30.8 Å². The summed E-state index contributed by atoms with van der Waals surface area (Å²) in [4.78, 5) is 2.07. The Morgan fingerprint density at radius 3 is 2.75 bits per heavy atom. The quantitative estimate of drug-likeness (QED) is 0.930. The molecular weight excluding hydrogens is 312 g/mol. The van der Waals surface area contributed by atoms with Crippen LogP contribution in [0.15, 0.2) is 42.5 Å². The molecule has 0 aliphatic carbocycles. The molecule has 0 aromatic heterocycles. The van der Waals surface area contributed by atoms with Crippen LogP contribution in [0.2, 0.25) is 0 Å². The van der Waals surface area contributed by atoms with E-state index in [2.05, 4.69) is 4.90 Å². The SMILES string of the molecule is COc1cccc(C2(O)CCCN(Cc3ccc(F)c(F)c3)C2)c1. The molecule has 128 valence electrons. The van der Waals surface area contributed by atoms with Crippen LogP contribution in [0.5, 0.6) is 5.75 Å². The van der Waals surface area contributed by atoms with Crippen molar-refractivity contribution in [3.63, 3.8) is 0 Å². The summed E-state index contributed by atoms with van der Waals surface area (Å²) in [6.07, 6.45) is 1.49. The summed E-state index contributed by atoms with van der Waals surface area (Å²) < 4.78 is 31.7. The van der Waals surface area contributed by atoms with Crippen LogP contribution in [0.25, 0.3) is 0 Å². The number of β-amino-alcohol motifs (C(OH)–C–C–N with tert-alkyl or cyclic N) is 1. The number of rotatable bonds is 4. The van der Waals surface area contributed by atoms with Gasteiger partial charge in [0.25, 0.3) is 0 Å². The lowest BCUT2D eigenvalue weighted by atomic mass is 9.85. The van der Waals surface area contributed by atoms with Crippen LogP contribution in [-0.2, 0) is 12.1 Å². The predicted octanol–water partition coefficient (Wildman–Crippen LogP) is 3.46. The number of ether oxygens (including phenoxy) is 1. The fourth-order valence-electron chi connectivity index (χ4n) is 3.30. The lowest BCUT2D eigenvalue weighted by Gasteiger charge is -2.39. The van der Waals surface area contributed by atoms with Gasteiger partial charge in [-0.1, -0.05) is 18.2 Å². The van der Waals surface area contributed by atoms with Crippen molar-refractivity contribution in [1.29, 1.82) is 0 Å². The number of piperidine rings is 1. The van der Waals surface area contributed by atoms with Crippen LogP contribution in [0.3, 0.4) is 0 Å². The zero-order chi connectivity index (χ0) is 17.2. The third-order valence-corrected chi connectivity index (χ3v) is 4.55. The van der Waals surface area contributed by atoms with Gasteiger partial charge in [-0.15, -0.1) is 0 Å². The fourth-order valence-corrected chi connectivity index (χ4v) is 3.30. The third-order valence-electron chi connectivity index (χ3n) is 4.55. The molecule has 1 unspecified atom stereocenters. The van der Waals surface area contributed by atoms with Gasteiger partial charge in [-0.2, -0.15) is 0 Å². The van der Waals surface area contributed by atoms with Crippen LogP contribution in [0, 0.1) is 11.6 Å². The fraction of sp³-hybridized carbons (Fsp3) is 0.368. The van der Waals surface area contributed by atoms with Gasteiger partial charge >= 0.3 is 0 Å². The van der Waals surface area contributed by atoms with Crippen LogP contribution in [0.4, 0.5) is 8.78 Å². The third kappa shape index (κ3) is 3.57. The van der Waals surface area contributed by atoms with E-state index < -0.39 is 17.2 Å². The zero-order valence-corrected chi connectivity index (χ0v) is 13.6. The molecule has 1 atom stereocenters. The highest BCUT2D eigenvalue weighted by atomic mass is 19.2. The Morgan fingerprint density at radius 2 is 2.00 bits per heavy atom. The van der Waals surface area contributed by atoms with Crippen LogP contribution < -0.4 is 4.74 Å². The average molecular weight is 333 g/mol. The van der Waals surface area contributed by atoms with Gasteiger partial charge in [0.1, 0.15) is 11.4 Å². The molecule has 5 heteroatoms. The number of aliphatic hydroxyl groups is 1. The smallest absolute Gasteiger partial charge is 0.159 e. The maximum absolute atomic E-state index is 13.4. The minimum Gasteiger partial charge on any atom is -0.497 e. The van der Waals surface area contributed by atoms with E-state index in [1.165, 1.54) is 6.07 Å². The molecule has 3 rings (SSSR count). The number of likely N-dealkylation sites (tertiary alicyclic amines) is 1. The van der Waals surface area contributed by atoms with Crippen molar-refractivity contribution in [2.24, 2.45) is 0 Å². The Morgan fingerprint density at radius 1 is 1.17 bits per heavy atom. The van der Waals surface area contributed by atoms with Crippen LogP contribution in [0.1, 0.15) is 24.0 Å². The zero-order valence-electron chi connectivity index (χ0n) is 13.6. The van der Waals surface area contributed by atoms with E-state index in [9.17, 15) is 13.9 Å². The van der Waals surface area contributed by atoms with Gasteiger partial charge in [0.2, 0.25) is 0 Å². The average Bonchev–Trinajstić information content (AvgIpc) is 2.58. The largest absolute Gasteiger partial charge is 0.497 e. The number of nitrogens with zero attached hydrogens (tertiary/aromatic N) is 1. The summed E-state index contributed by atoms with van der Waals surface area (Å²) in [6, 6.07) is 11.4. The lowest BCUT2D eigenvalue weighted by molar-refractivity contribution is -0.0382. The van der Waals surface area contributed by atoms with Crippen molar-refractivity contribution < 1.29 is 18.6 Å². The van der Waals surface area contributed by atoms with Gasteiger partial charge in [0.05, 0.1) is 7.11 Å². The minimum atomic E-state index is -0.967. The molecule has 2 aromatic carbocycles. The molecule has 0 amide bonds. The Hall–Kier alpha value is -1.98. The van der Waals surface area contributed by atoms with E-state index >= 15 is 0 Å². The van der Waals surface area contributed by atoms with Gasteiger partial charge < -0.3 is 9.84 Å². The van der Waals surface area contributed by atoms with Crippen molar-refractivity contribution in [2.45, 2.75) is 25.0 Å². The Balaban J connectivity index is 1.76. The summed E-state index contributed by atoms with van der Waals surface area (Å²) in [5, 5.41) is 11.1. The van der Waals surface area contributed by atoms with Crippen molar-refractivity contribution in [1.82, 2.24) is 4.90 Å². The van der Waals surface area contributed by atoms with E-state index in [1.54, 1.807) is 13.2 Å². The second-order valence-electron chi connectivity index (χ2n) is 6.33. The maximum atomic E-state index is 13.4. The Labute approximate surface area is 140 Å². The van der Waals surface area contributed by atoms with Gasteiger partial charge in [0, 0.05) is 13.1 Å². The molecule has 0 radical (unpaired) electrons. The Bertz CT molecular complexity index is 722. The van der Waals surface area contributed by atoms with Crippen LogP contribution in [-0.4, -0.2) is 30.2 Å². The van der Waals surface area contributed by atoms with E-state index in [4.69, 9.17) is 4.74 Å². The highest BCUT2D eigenvalue weighted by Crippen LogP contribution is 2.33. The number of benzene rings is 2. The molecule has 2 aromatic rings. The number of hydrogen-bond donors (Lipinski definition) is 1. The summed E-state index contributed by atoms with van der Waals surface area (Å²) in [6.45, 7) is 1.73. The molecule has 0 spiro atoms. The molecule has 3 nitrogen and oxygen atoms in total. The van der Waals surface area contributed by atoms with Gasteiger partial charge in [-0.3, -0.25) is 4.90 Å².